The molecule has 36 heavy (non-hydrogen) atoms. The Labute approximate surface area is 217 Å². The fraction of sp³-hybridized carbons (Fsp3) is 0.481. The van der Waals surface area contributed by atoms with Crippen molar-refractivity contribution in [3.63, 3.8) is 0 Å². The van der Waals surface area contributed by atoms with E-state index >= 15 is 0 Å². The second-order valence-corrected chi connectivity index (χ2v) is 10.5. The van der Waals surface area contributed by atoms with Gasteiger partial charge in [-0.2, -0.15) is 0 Å². The molecule has 2 N–H and O–H groups in total. The Hall–Kier alpha value is -3.20. The summed E-state index contributed by atoms with van der Waals surface area (Å²) < 4.78 is 2.34. The average molecular weight is 511 g/mol. The van der Waals surface area contributed by atoms with E-state index in [0.717, 1.165) is 39.4 Å². The molecule has 0 bridgehead atoms. The molecular formula is C27H38N6O2S. The molecule has 4 aromatic rings. The normalized spacial score (nSPS) is 18.4. The highest BCUT2D eigenvalue weighted by molar-refractivity contribution is 7.21. The van der Waals surface area contributed by atoms with Crippen LogP contribution in [-0.4, -0.2) is 44.6 Å². The minimum atomic E-state index is -0.131. The molecule has 1 aromatic carbocycles. The number of aromatic nitrogens is 4. The first-order valence-electron chi connectivity index (χ1n) is 13.1. The number of rotatable bonds is 4. The van der Waals surface area contributed by atoms with Gasteiger partial charge in [0.1, 0.15) is 10.4 Å². The van der Waals surface area contributed by atoms with E-state index in [9.17, 15) is 9.59 Å². The molecule has 9 heteroatoms. The van der Waals surface area contributed by atoms with E-state index in [1.165, 1.54) is 43.9 Å². The summed E-state index contributed by atoms with van der Waals surface area (Å²) in [6.45, 7) is 7.02. The first kappa shape index (κ1) is 24.5. The van der Waals surface area contributed by atoms with E-state index < -0.39 is 0 Å². The highest BCUT2D eigenvalue weighted by Gasteiger charge is 2.28. The second kappa shape index (κ2) is 10.4. The van der Waals surface area contributed by atoms with E-state index in [1.807, 2.05) is 20.2 Å². The average Bonchev–Trinajstić information content (AvgIpc) is 3.62. The number of anilines is 1. The SMILES string of the molecule is CC.CC(=O)N[C@@H]1CCN(c2sc(-c3ccc4c(c3)ncn4C3CCCCC3)c3nc[nH]c(=O)c23)C1.[HH].[HH]. The molecule has 1 saturated heterocycles. The summed E-state index contributed by atoms with van der Waals surface area (Å²) in [5.74, 6) is -0.0240. The van der Waals surface area contributed by atoms with Crippen LogP contribution < -0.4 is 15.8 Å². The van der Waals surface area contributed by atoms with Crippen LogP contribution in [0.4, 0.5) is 5.00 Å². The lowest BCUT2D eigenvalue weighted by Crippen LogP contribution is -2.35. The molecule has 8 nitrogen and oxygen atoms in total. The maximum Gasteiger partial charge on any atom is 0.261 e. The Balaban J connectivity index is 0.000000978. The van der Waals surface area contributed by atoms with Crippen LogP contribution in [0.3, 0.4) is 0 Å². The van der Waals surface area contributed by atoms with Gasteiger partial charge in [0.25, 0.3) is 5.56 Å². The second-order valence-electron chi connectivity index (χ2n) is 9.47. The lowest BCUT2D eigenvalue weighted by atomic mass is 9.95. The van der Waals surface area contributed by atoms with Gasteiger partial charge in [-0.1, -0.05) is 39.2 Å². The van der Waals surface area contributed by atoms with E-state index in [-0.39, 0.29) is 20.4 Å². The van der Waals surface area contributed by atoms with Crippen molar-refractivity contribution in [2.45, 2.75) is 71.4 Å². The summed E-state index contributed by atoms with van der Waals surface area (Å²) >= 11 is 1.60. The van der Waals surface area contributed by atoms with Gasteiger partial charge < -0.3 is 19.8 Å². The molecule has 3 aromatic heterocycles. The topological polar surface area (TPSA) is 95.9 Å². The molecule has 1 aliphatic heterocycles. The van der Waals surface area contributed by atoms with Crippen LogP contribution in [0.2, 0.25) is 0 Å². The fourth-order valence-electron chi connectivity index (χ4n) is 5.56. The van der Waals surface area contributed by atoms with Gasteiger partial charge in [0.15, 0.2) is 0 Å². The molecule has 1 amide bonds. The van der Waals surface area contributed by atoms with E-state index in [2.05, 4.69) is 43.0 Å². The van der Waals surface area contributed by atoms with Crippen LogP contribution in [0.25, 0.3) is 32.4 Å². The third kappa shape index (κ3) is 4.52. The number of benzene rings is 1. The zero-order chi connectivity index (χ0) is 25.2. The Morgan fingerprint density at radius 2 is 1.97 bits per heavy atom. The van der Waals surface area contributed by atoms with Gasteiger partial charge in [-0.3, -0.25) is 9.59 Å². The highest BCUT2D eigenvalue weighted by atomic mass is 32.1. The minimum absolute atomic E-state index is 0. The summed E-state index contributed by atoms with van der Waals surface area (Å²) in [7, 11) is 0. The summed E-state index contributed by atoms with van der Waals surface area (Å²) in [6.07, 6.45) is 10.6. The number of nitrogens with zero attached hydrogens (tertiary/aromatic N) is 4. The van der Waals surface area contributed by atoms with Gasteiger partial charge in [-0.25, -0.2) is 9.97 Å². The zero-order valence-corrected chi connectivity index (χ0v) is 22.0. The molecule has 0 spiro atoms. The largest absolute Gasteiger partial charge is 0.361 e. The molecule has 0 unspecified atom stereocenters. The standard InChI is InChI=1S/C25H28N6O2S.C2H6.2H2/c1-15(32)29-17-9-10-30(12-17)25-21-22(26-13-27-24(21)33)23(34-25)16-7-8-20-19(11-16)28-14-31(20)18-5-3-2-4-6-18;1-2;;/h7-8,11,13-14,17-18H,2-6,9-10,12H2,1H3,(H,29,32)(H,26,27,33);1-2H3;2*1H/t17-;;;/m1.../s1. The number of H-pyrrole nitrogens is 1. The van der Waals surface area contributed by atoms with Crippen molar-refractivity contribution in [1.29, 1.82) is 0 Å². The highest BCUT2D eigenvalue weighted by Crippen LogP contribution is 2.43. The molecule has 4 heterocycles. The van der Waals surface area contributed by atoms with E-state index in [4.69, 9.17) is 4.98 Å². The maximum absolute atomic E-state index is 12.8. The smallest absolute Gasteiger partial charge is 0.261 e. The lowest BCUT2D eigenvalue weighted by molar-refractivity contribution is -0.119. The van der Waals surface area contributed by atoms with E-state index in [0.29, 0.717) is 18.0 Å². The van der Waals surface area contributed by atoms with Gasteiger partial charge in [-0.15, -0.1) is 11.3 Å². The number of fused-ring (bicyclic) bond motifs is 2. The number of carbonyl (C=O) groups is 1. The third-order valence-electron chi connectivity index (χ3n) is 7.17. The van der Waals surface area contributed by atoms with Gasteiger partial charge >= 0.3 is 0 Å². The summed E-state index contributed by atoms with van der Waals surface area (Å²) in [4.78, 5) is 39.6. The van der Waals surface area contributed by atoms with Gasteiger partial charge in [0.05, 0.1) is 34.1 Å². The number of carbonyl (C=O) groups excluding carboxylic acids is 1. The lowest BCUT2D eigenvalue weighted by Gasteiger charge is -2.23. The van der Waals surface area contributed by atoms with Crippen molar-refractivity contribution < 1.29 is 7.65 Å². The summed E-state index contributed by atoms with van der Waals surface area (Å²) in [5, 5.41) is 4.54. The van der Waals surface area contributed by atoms with Crippen molar-refractivity contribution in [3.05, 3.63) is 41.2 Å². The molecular weight excluding hydrogens is 472 g/mol. The molecule has 6 rings (SSSR count). The maximum atomic E-state index is 12.8. The predicted octanol–water partition coefficient (Wildman–Crippen LogP) is 5.74. The zero-order valence-electron chi connectivity index (χ0n) is 21.2. The minimum Gasteiger partial charge on any atom is -0.361 e. The van der Waals surface area contributed by atoms with Crippen molar-refractivity contribution in [2.24, 2.45) is 0 Å². The first-order chi connectivity index (χ1) is 17.6. The number of nitrogens with one attached hydrogen (secondary N) is 2. The Kier molecular flexibility index (Phi) is 7.09. The van der Waals surface area contributed by atoms with Crippen molar-refractivity contribution in [3.8, 4) is 10.4 Å². The van der Waals surface area contributed by atoms with Gasteiger partial charge in [-0.05, 0) is 37.0 Å². The quantitative estimate of drug-likeness (QED) is 0.365. The Morgan fingerprint density at radius 1 is 1.17 bits per heavy atom. The predicted molar refractivity (Wildman–Crippen MR) is 151 cm³/mol. The van der Waals surface area contributed by atoms with Crippen LogP contribution in [-0.2, 0) is 4.79 Å². The molecule has 2 fully saturated rings. The van der Waals surface area contributed by atoms with Crippen molar-refractivity contribution >= 4 is 44.2 Å². The number of amides is 1. The fourth-order valence-corrected chi connectivity index (χ4v) is 6.83. The van der Waals surface area contributed by atoms with Crippen molar-refractivity contribution in [1.82, 2.24) is 24.8 Å². The summed E-state index contributed by atoms with van der Waals surface area (Å²) in [6, 6.07) is 7.04. The molecule has 1 atom stereocenters. The van der Waals surface area contributed by atoms with Crippen LogP contribution in [0, 0.1) is 0 Å². The molecule has 194 valence electrons. The van der Waals surface area contributed by atoms with Crippen LogP contribution in [0.1, 0.15) is 68.2 Å². The van der Waals surface area contributed by atoms with E-state index in [1.54, 1.807) is 18.3 Å². The van der Waals surface area contributed by atoms with Crippen LogP contribution in [0.5, 0.6) is 0 Å². The number of imidazole rings is 1. The number of thiophene rings is 1. The van der Waals surface area contributed by atoms with Crippen LogP contribution >= 0.6 is 11.3 Å². The monoisotopic (exact) mass is 510 g/mol. The number of hydrogen-bond acceptors (Lipinski definition) is 6. The Bertz CT molecular complexity index is 1440. The van der Waals surface area contributed by atoms with Gasteiger partial charge in [0, 0.05) is 35.0 Å². The molecule has 1 aliphatic carbocycles. The molecule has 1 saturated carbocycles. The Morgan fingerprint density at radius 3 is 2.75 bits per heavy atom. The summed E-state index contributed by atoms with van der Waals surface area (Å²) in [5.41, 5.74) is 3.76. The third-order valence-corrected chi connectivity index (χ3v) is 8.46. The molecule has 0 radical (unpaired) electrons. The van der Waals surface area contributed by atoms with Crippen molar-refractivity contribution in [2.75, 3.05) is 18.0 Å². The molecule has 2 aliphatic rings. The number of aromatic amines is 1. The van der Waals surface area contributed by atoms with Gasteiger partial charge in [0.2, 0.25) is 5.91 Å². The first-order valence-corrected chi connectivity index (χ1v) is 13.9. The van der Waals surface area contributed by atoms with Crippen LogP contribution in [0.15, 0.2) is 35.6 Å². The number of hydrogen-bond donors (Lipinski definition) is 2.